The average Bonchev–Trinajstić information content (AvgIpc) is 2.76. The van der Waals surface area contributed by atoms with Gasteiger partial charge in [0.25, 0.3) is 5.91 Å². The Labute approximate surface area is 153 Å². The lowest BCUT2D eigenvalue weighted by Gasteiger charge is -2.23. The SMILES string of the molecule is Cc1cc(NC(=O)C(C)(C)C)sc1C(=O)O[C@H](C)C(=O)NC(C)(C)C. The summed E-state index contributed by atoms with van der Waals surface area (Å²) >= 11 is 1.14. The van der Waals surface area contributed by atoms with Gasteiger partial charge in [-0.05, 0) is 46.2 Å². The van der Waals surface area contributed by atoms with Crippen LogP contribution in [-0.2, 0) is 14.3 Å². The number of aryl methyl sites for hydroxylation is 1. The topological polar surface area (TPSA) is 84.5 Å². The zero-order valence-electron chi connectivity index (χ0n) is 16.2. The van der Waals surface area contributed by atoms with Gasteiger partial charge in [-0.2, -0.15) is 0 Å². The molecule has 0 aliphatic rings. The summed E-state index contributed by atoms with van der Waals surface area (Å²) in [5.41, 5.74) is -0.235. The second-order valence-corrected chi connectivity index (χ2v) is 9.17. The molecule has 0 radical (unpaired) electrons. The van der Waals surface area contributed by atoms with Gasteiger partial charge in [0.05, 0.1) is 5.00 Å². The first kappa shape index (κ1) is 21.2. The van der Waals surface area contributed by atoms with Crippen molar-refractivity contribution in [2.45, 2.75) is 67.0 Å². The smallest absolute Gasteiger partial charge is 0.349 e. The van der Waals surface area contributed by atoms with Crippen molar-refractivity contribution in [1.82, 2.24) is 5.32 Å². The lowest BCUT2D eigenvalue weighted by atomic mass is 9.96. The number of rotatable bonds is 4. The van der Waals surface area contributed by atoms with Crippen LogP contribution in [0, 0.1) is 12.3 Å². The van der Waals surface area contributed by atoms with E-state index in [9.17, 15) is 14.4 Å². The first-order chi connectivity index (χ1) is 11.2. The summed E-state index contributed by atoms with van der Waals surface area (Å²) in [5.74, 6) is -1.06. The van der Waals surface area contributed by atoms with Gasteiger partial charge in [-0.3, -0.25) is 9.59 Å². The molecule has 0 spiro atoms. The fourth-order valence-electron chi connectivity index (χ4n) is 1.78. The minimum absolute atomic E-state index is 0.133. The third-order valence-electron chi connectivity index (χ3n) is 3.17. The van der Waals surface area contributed by atoms with Crippen molar-refractivity contribution in [3.05, 3.63) is 16.5 Å². The van der Waals surface area contributed by atoms with E-state index in [1.165, 1.54) is 6.92 Å². The molecule has 1 heterocycles. The highest BCUT2D eigenvalue weighted by Gasteiger charge is 2.26. The van der Waals surface area contributed by atoms with E-state index in [0.717, 1.165) is 11.3 Å². The third kappa shape index (κ3) is 6.49. The molecule has 2 N–H and O–H groups in total. The highest BCUT2D eigenvalue weighted by Crippen LogP contribution is 2.29. The van der Waals surface area contributed by atoms with Crippen molar-refractivity contribution in [2.75, 3.05) is 5.32 Å². The van der Waals surface area contributed by atoms with E-state index in [-0.39, 0.29) is 11.8 Å². The largest absolute Gasteiger partial charge is 0.448 e. The van der Waals surface area contributed by atoms with Crippen LogP contribution in [0.1, 0.15) is 63.7 Å². The van der Waals surface area contributed by atoms with E-state index in [1.807, 2.05) is 41.5 Å². The number of esters is 1. The van der Waals surface area contributed by atoms with E-state index in [1.54, 1.807) is 13.0 Å². The van der Waals surface area contributed by atoms with Gasteiger partial charge in [0.15, 0.2) is 6.10 Å². The molecule has 1 aromatic rings. The normalized spacial score (nSPS) is 13.1. The van der Waals surface area contributed by atoms with Crippen LogP contribution >= 0.6 is 11.3 Å². The summed E-state index contributed by atoms with van der Waals surface area (Å²) in [6, 6.07) is 1.73. The number of nitrogens with one attached hydrogen (secondary N) is 2. The summed E-state index contributed by atoms with van der Waals surface area (Å²) < 4.78 is 5.26. The molecule has 0 aliphatic heterocycles. The van der Waals surface area contributed by atoms with Crippen LogP contribution in [0.15, 0.2) is 6.07 Å². The van der Waals surface area contributed by atoms with E-state index in [2.05, 4.69) is 10.6 Å². The first-order valence-electron chi connectivity index (χ1n) is 8.15. The van der Waals surface area contributed by atoms with Crippen LogP contribution in [0.3, 0.4) is 0 Å². The fourth-order valence-corrected chi connectivity index (χ4v) is 2.74. The van der Waals surface area contributed by atoms with Gasteiger partial charge in [0.1, 0.15) is 4.88 Å². The van der Waals surface area contributed by atoms with Gasteiger partial charge >= 0.3 is 5.97 Å². The molecule has 1 atom stereocenters. The molecular formula is C18H28N2O4S. The second-order valence-electron chi connectivity index (χ2n) is 8.11. The van der Waals surface area contributed by atoms with Gasteiger partial charge in [0.2, 0.25) is 5.91 Å². The van der Waals surface area contributed by atoms with Crippen LogP contribution in [-0.4, -0.2) is 29.4 Å². The van der Waals surface area contributed by atoms with Crippen molar-refractivity contribution < 1.29 is 19.1 Å². The van der Waals surface area contributed by atoms with Crippen LogP contribution in [0.4, 0.5) is 5.00 Å². The molecular weight excluding hydrogens is 340 g/mol. The Kier molecular flexibility index (Phi) is 6.39. The molecule has 0 bridgehead atoms. The highest BCUT2D eigenvalue weighted by molar-refractivity contribution is 7.18. The summed E-state index contributed by atoms with van der Waals surface area (Å²) in [5, 5.41) is 6.15. The van der Waals surface area contributed by atoms with Crippen molar-refractivity contribution in [1.29, 1.82) is 0 Å². The lowest BCUT2D eigenvalue weighted by molar-refractivity contribution is -0.130. The maximum absolute atomic E-state index is 12.3. The first-order valence-corrected chi connectivity index (χ1v) is 8.97. The molecule has 0 aromatic carbocycles. The molecule has 0 fully saturated rings. The number of amides is 2. The molecule has 0 saturated carbocycles. The van der Waals surface area contributed by atoms with Gasteiger partial charge < -0.3 is 15.4 Å². The maximum atomic E-state index is 12.3. The summed E-state index contributed by atoms with van der Waals surface area (Å²) in [6.45, 7) is 14.3. The summed E-state index contributed by atoms with van der Waals surface area (Å²) in [6.07, 6.45) is -0.902. The number of hydrogen-bond acceptors (Lipinski definition) is 5. The molecule has 2 amide bonds. The molecule has 25 heavy (non-hydrogen) atoms. The summed E-state index contributed by atoms with van der Waals surface area (Å²) in [7, 11) is 0. The number of carbonyl (C=O) groups is 3. The highest BCUT2D eigenvalue weighted by atomic mass is 32.1. The Morgan fingerprint density at radius 1 is 1.12 bits per heavy atom. The monoisotopic (exact) mass is 368 g/mol. The van der Waals surface area contributed by atoms with E-state index < -0.39 is 23.0 Å². The predicted octanol–water partition coefficient (Wildman–Crippen LogP) is 3.50. The van der Waals surface area contributed by atoms with E-state index >= 15 is 0 Å². The molecule has 140 valence electrons. The Morgan fingerprint density at radius 2 is 1.68 bits per heavy atom. The minimum atomic E-state index is -0.902. The fraction of sp³-hybridized carbons (Fsp3) is 0.611. The maximum Gasteiger partial charge on any atom is 0.349 e. The van der Waals surface area contributed by atoms with Gasteiger partial charge in [-0.25, -0.2) is 4.79 Å². The zero-order chi connectivity index (χ0) is 19.6. The molecule has 0 unspecified atom stereocenters. The average molecular weight is 368 g/mol. The Morgan fingerprint density at radius 3 is 2.16 bits per heavy atom. The van der Waals surface area contributed by atoms with Crippen molar-refractivity contribution >= 4 is 34.1 Å². The third-order valence-corrected chi connectivity index (χ3v) is 4.30. The molecule has 1 aromatic heterocycles. The quantitative estimate of drug-likeness (QED) is 0.797. The number of carbonyl (C=O) groups excluding carboxylic acids is 3. The molecule has 1 rings (SSSR count). The zero-order valence-corrected chi connectivity index (χ0v) is 17.0. The van der Waals surface area contributed by atoms with Gasteiger partial charge in [-0.1, -0.05) is 20.8 Å². The Balaban J connectivity index is 2.80. The van der Waals surface area contributed by atoms with Gasteiger partial charge in [-0.15, -0.1) is 11.3 Å². The van der Waals surface area contributed by atoms with E-state index in [0.29, 0.717) is 15.4 Å². The predicted molar refractivity (Wildman–Crippen MR) is 99.9 cm³/mol. The van der Waals surface area contributed by atoms with Crippen LogP contribution in [0.5, 0.6) is 0 Å². The van der Waals surface area contributed by atoms with Crippen LogP contribution in [0.25, 0.3) is 0 Å². The molecule has 0 aliphatic carbocycles. The Bertz CT molecular complexity index is 666. The lowest BCUT2D eigenvalue weighted by Crippen LogP contribution is -2.46. The van der Waals surface area contributed by atoms with Crippen LogP contribution in [0.2, 0.25) is 0 Å². The molecule has 7 heteroatoms. The van der Waals surface area contributed by atoms with Crippen molar-refractivity contribution in [2.24, 2.45) is 5.41 Å². The number of ether oxygens (including phenoxy) is 1. The molecule has 0 saturated heterocycles. The Hall–Kier alpha value is -1.89. The standard InChI is InChI=1S/C18H28N2O4S/c1-10-9-12(19-16(23)17(3,4)5)25-13(10)15(22)24-11(2)14(21)20-18(6,7)8/h9,11H,1-8H3,(H,19,23)(H,20,21)/t11-/m1/s1. The minimum Gasteiger partial charge on any atom is -0.448 e. The van der Waals surface area contributed by atoms with Crippen molar-refractivity contribution in [3.8, 4) is 0 Å². The number of thiophene rings is 1. The van der Waals surface area contributed by atoms with E-state index in [4.69, 9.17) is 4.74 Å². The summed E-state index contributed by atoms with van der Waals surface area (Å²) in [4.78, 5) is 36.8. The van der Waals surface area contributed by atoms with Crippen LogP contribution < -0.4 is 10.6 Å². The number of hydrogen-bond donors (Lipinski definition) is 2. The second kappa shape index (κ2) is 7.56. The molecule has 6 nitrogen and oxygen atoms in total. The van der Waals surface area contributed by atoms with Crippen molar-refractivity contribution in [3.63, 3.8) is 0 Å². The number of anilines is 1. The van der Waals surface area contributed by atoms with Gasteiger partial charge in [0, 0.05) is 11.0 Å².